The Hall–Kier alpha value is -3.10. The Morgan fingerprint density at radius 1 is 1.17 bits per heavy atom. The van der Waals surface area contributed by atoms with Crippen molar-refractivity contribution in [3.05, 3.63) is 35.9 Å². The molecule has 0 radical (unpaired) electrons. The zero-order valence-corrected chi connectivity index (χ0v) is 16.3. The van der Waals surface area contributed by atoms with E-state index in [1.807, 2.05) is 30.3 Å². The second-order valence-corrected chi connectivity index (χ2v) is 7.07. The van der Waals surface area contributed by atoms with E-state index in [-0.39, 0.29) is 13.0 Å². The third-order valence-electron chi connectivity index (χ3n) is 5.18. The maximum Gasteiger partial charge on any atom is 0.408 e. The van der Waals surface area contributed by atoms with Gasteiger partial charge in [0.2, 0.25) is 5.91 Å². The zero-order valence-electron chi connectivity index (χ0n) is 16.3. The van der Waals surface area contributed by atoms with Crippen LogP contribution in [0, 0.1) is 0 Å². The van der Waals surface area contributed by atoms with E-state index in [2.05, 4.69) is 5.32 Å². The van der Waals surface area contributed by atoms with Crippen LogP contribution >= 0.6 is 0 Å². The number of carbonyl (C=O) groups excluding carboxylic acids is 4. The molecule has 9 heteroatoms. The van der Waals surface area contributed by atoms with Crippen molar-refractivity contribution in [3.8, 4) is 0 Å². The van der Waals surface area contributed by atoms with E-state index in [0.29, 0.717) is 12.8 Å². The average Bonchev–Trinajstić information content (AvgIpc) is 3.07. The Balaban J connectivity index is 1.64. The molecule has 2 saturated heterocycles. The van der Waals surface area contributed by atoms with Crippen LogP contribution in [0.2, 0.25) is 0 Å². The molecule has 156 valence electrons. The second kappa shape index (κ2) is 8.93. The van der Waals surface area contributed by atoms with Gasteiger partial charge in [0.1, 0.15) is 24.8 Å². The summed E-state index contributed by atoms with van der Waals surface area (Å²) in [5, 5.41) is 2.57. The first-order chi connectivity index (χ1) is 13.9. The van der Waals surface area contributed by atoms with Crippen LogP contribution in [0.1, 0.15) is 31.7 Å². The number of alkyl carbamates (subject to hydrolysis) is 1. The molecular weight excluding hydrogens is 380 g/mol. The maximum absolute atomic E-state index is 13.0. The number of benzene rings is 1. The molecule has 2 aliphatic rings. The molecule has 0 spiro atoms. The summed E-state index contributed by atoms with van der Waals surface area (Å²) in [6.45, 7) is 1.37. The smallest absolute Gasteiger partial charge is 0.408 e. The van der Waals surface area contributed by atoms with Crippen molar-refractivity contribution in [2.45, 2.75) is 57.0 Å². The number of ether oxygens (including phenoxy) is 3. The van der Waals surface area contributed by atoms with Gasteiger partial charge < -0.3 is 24.4 Å². The van der Waals surface area contributed by atoms with Gasteiger partial charge in [0, 0.05) is 13.3 Å². The third-order valence-corrected chi connectivity index (χ3v) is 5.18. The van der Waals surface area contributed by atoms with Gasteiger partial charge in [-0.05, 0) is 18.4 Å². The summed E-state index contributed by atoms with van der Waals surface area (Å²) in [6, 6.07) is 7.08. The number of rotatable bonds is 5. The molecule has 4 atom stereocenters. The second-order valence-electron chi connectivity index (χ2n) is 7.07. The number of methoxy groups -OCH3 is 1. The molecule has 0 saturated carbocycles. The zero-order chi connectivity index (χ0) is 21.0. The van der Waals surface area contributed by atoms with Crippen molar-refractivity contribution in [1.29, 1.82) is 0 Å². The van der Waals surface area contributed by atoms with Gasteiger partial charge in [0.15, 0.2) is 0 Å². The highest BCUT2D eigenvalue weighted by molar-refractivity contribution is 5.91. The van der Waals surface area contributed by atoms with E-state index in [1.54, 1.807) is 0 Å². The van der Waals surface area contributed by atoms with Gasteiger partial charge in [-0.3, -0.25) is 9.59 Å². The summed E-state index contributed by atoms with van der Waals surface area (Å²) in [5.41, 5.74) is 0.826. The molecule has 2 aliphatic heterocycles. The van der Waals surface area contributed by atoms with E-state index >= 15 is 0 Å². The van der Waals surface area contributed by atoms with Crippen LogP contribution in [0.15, 0.2) is 30.3 Å². The highest BCUT2D eigenvalue weighted by atomic mass is 16.6. The fraction of sp³-hybridized carbons (Fsp3) is 0.500. The summed E-state index contributed by atoms with van der Waals surface area (Å²) in [5.74, 6) is -1.47. The fourth-order valence-corrected chi connectivity index (χ4v) is 3.91. The molecule has 1 N–H and O–H groups in total. The molecule has 0 aromatic heterocycles. The lowest BCUT2D eigenvalue weighted by Gasteiger charge is -2.37. The minimum Gasteiger partial charge on any atom is -0.467 e. The molecule has 1 unspecified atom stereocenters. The van der Waals surface area contributed by atoms with Crippen LogP contribution in [0.4, 0.5) is 4.79 Å². The first-order valence-electron chi connectivity index (χ1n) is 9.45. The number of fused-ring (bicyclic) bond motifs is 1. The quantitative estimate of drug-likeness (QED) is 0.579. The average molecular weight is 404 g/mol. The molecule has 9 nitrogen and oxygen atoms in total. The first-order valence-corrected chi connectivity index (χ1v) is 9.45. The molecular formula is C20H24N2O7. The summed E-state index contributed by atoms with van der Waals surface area (Å²) in [4.78, 5) is 50.1. The SMILES string of the molecule is COC(=O)[C@@H]1C[C@@H](OC(C)=O)C2CC[C@H](NC(=O)OCc3ccccc3)C(=O)N21. The molecule has 0 aliphatic carbocycles. The summed E-state index contributed by atoms with van der Waals surface area (Å²) >= 11 is 0. The molecule has 1 aromatic carbocycles. The fourth-order valence-electron chi connectivity index (χ4n) is 3.91. The molecule has 29 heavy (non-hydrogen) atoms. The van der Waals surface area contributed by atoms with Gasteiger partial charge in [0.25, 0.3) is 0 Å². The standard InChI is InChI=1S/C20H24N2O7/c1-12(23)29-17-10-16(19(25)27-2)22-15(17)9-8-14(18(22)24)21-20(26)28-11-13-6-4-3-5-7-13/h3-7,14-17H,8-11H2,1-2H3,(H,21,26)/t14-,15?,16-,17+/m0/s1. The predicted octanol–water partition coefficient (Wildman–Crippen LogP) is 1.15. The van der Waals surface area contributed by atoms with Crippen LogP contribution in [-0.4, -0.2) is 60.2 Å². The highest BCUT2D eigenvalue weighted by Crippen LogP contribution is 2.35. The number of piperidine rings is 1. The number of hydrogen-bond acceptors (Lipinski definition) is 7. The van der Waals surface area contributed by atoms with Crippen LogP contribution in [-0.2, 0) is 35.2 Å². The van der Waals surface area contributed by atoms with E-state index in [1.165, 1.54) is 18.9 Å². The minimum atomic E-state index is -0.855. The van der Waals surface area contributed by atoms with Gasteiger partial charge in [-0.1, -0.05) is 30.3 Å². The first kappa shape index (κ1) is 20.6. The maximum atomic E-state index is 13.0. The van der Waals surface area contributed by atoms with Crippen molar-refractivity contribution in [2.24, 2.45) is 0 Å². The van der Waals surface area contributed by atoms with Crippen LogP contribution in [0.25, 0.3) is 0 Å². The largest absolute Gasteiger partial charge is 0.467 e. The van der Waals surface area contributed by atoms with Crippen LogP contribution < -0.4 is 5.32 Å². The van der Waals surface area contributed by atoms with Crippen LogP contribution in [0.5, 0.6) is 0 Å². The van der Waals surface area contributed by atoms with Gasteiger partial charge in [-0.2, -0.15) is 0 Å². The Labute approximate surface area is 168 Å². The van der Waals surface area contributed by atoms with Crippen molar-refractivity contribution in [3.63, 3.8) is 0 Å². The Morgan fingerprint density at radius 3 is 2.55 bits per heavy atom. The topological polar surface area (TPSA) is 111 Å². The van der Waals surface area contributed by atoms with E-state index in [4.69, 9.17) is 14.2 Å². The van der Waals surface area contributed by atoms with Crippen LogP contribution in [0.3, 0.4) is 0 Å². The number of carbonyl (C=O) groups is 4. The van der Waals surface area contributed by atoms with Crippen molar-refractivity contribution >= 4 is 23.9 Å². The molecule has 2 amide bonds. The van der Waals surface area contributed by atoms with E-state index < -0.39 is 48.2 Å². The molecule has 3 rings (SSSR count). The Morgan fingerprint density at radius 2 is 1.90 bits per heavy atom. The molecule has 2 heterocycles. The van der Waals surface area contributed by atoms with Gasteiger partial charge in [-0.15, -0.1) is 0 Å². The third kappa shape index (κ3) is 4.67. The lowest BCUT2D eigenvalue weighted by atomic mass is 9.96. The number of nitrogens with zero attached hydrogens (tertiary/aromatic N) is 1. The van der Waals surface area contributed by atoms with Crippen molar-refractivity contribution in [2.75, 3.05) is 7.11 Å². The Kier molecular flexibility index (Phi) is 6.36. The minimum absolute atomic E-state index is 0.0826. The van der Waals surface area contributed by atoms with Crippen molar-refractivity contribution in [1.82, 2.24) is 10.2 Å². The molecule has 0 bridgehead atoms. The molecule has 2 fully saturated rings. The molecule has 1 aromatic rings. The highest BCUT2D eigenvalue weighted by Gasteiger charge is 2.53. The van der Waals surface area contributed by atoms with E-state index in [0.717, 1.165) is 5.56 Å². The number of hydrogen-bond donors (Lipinski definition) is 1. The van der Waals surface area contributed by atoms with Gasteiger partial charge in [-0.25, -0.2) is 9.59 Å². The van der Waals surface area contributed by atoms with Gasteiger partial charge in [0.05, 0.1) is 13.2 Å². The van der Waals surface area contributed by atoms with Gasteiger partial charge >= 0.3 is 18.0 Å². The van der Waals surface area contributed by atoms with Crippen molar-refractivity contribution < 1.29 is 33.4 Å². The summed E-state index contributed by atoms with van der Waals surface area (Å²) in [6.07, 6.45) is -0.289. The lowest BCUT2D eigenvalue weighted by molar-refractivity contribution is -0.155. The Bertz CT molecular complexity index is 782. The normalized spacial score (nSPS) is 25.7. The summed E-state index contributed by atoms with van der Waals surface area (Å²) in [7, 11) is 1.24. The monoisotopic (exact) mass is 404 g/mol. The summed E-state index contributed by atoms with van der Waals surface area (Å²) < 4.78 is 15.3. The lowest BCUT2D eigenvalue weighted by Crippen LogP contribution is -2.58. The number of esters is 2. The predicted molar refractivity (Wildman–Crippen MR) is 99.4 cm³/mol. The number of nitrogens with one attached hydrogen (secondary N) is 1. The number of amides is 2. The van der Waals surface area contributed by atoms with E-state index in [9.17, 15) is 19.2 Å².